The smallest absolute Gasteiger partial charge is 0.266 e. The highest BCUT2D eigenvalue weighted by atomic mass is 16.3. The highest BCUT2D eigenvalue weighted by molar-refractivity contribution is 6.10. The highest BCUT2D eigenvalue weighted by Crippen LogP contribution is 2.24. The van der Waals surface area contributed by atoms with Crippen LogP contribution in [0.25, 0.3) is 28.2 Å². The number of benzene rings is 3. The number of amides is 1. The molecule has 0 aliphatic carbocycles. The molecule has 3 aromatic carbocycles. The SMILES string of the molecule is N#C/C(=C\c1ccc(-c2ccccc2)o1)C(=O)Nc1ccc2ccccc2c1. The lowest BCUT2D eigenvalue weighted by atomic mass is 10.1. The number of carbonyl (C=O) groups excluding carboxylic acids is 1. The number of hydrogen-bond donors (Lipinski definition) is 1. The second-order valence-corrected chi connectivity index (χ2v) is 6.25. The molecule has 0 saturated heterocycles. The van der Waals surface area contributed by atoms with Crippen molar-refractivity contribution in [3.8, 4) is 17.4 Å². The molecule has 0 atom stereocenters. The van der Waals surface area contributed by atoms with Crippen LogP contribution in [0.2, 0.25) is 0 Å². The van der Waals surface area contributed by atoms with Gasteiger partial charge >= 0.3 is 0 Å². The van der Waals surface area contributed by atoms with Gasteiger partial charge in [0.1, 0.15) is 23.2 Å². The van der Waals surface area contributed by atoms with Crippen molar-refractivity contribution in [2.45, 2.75) is 0 Å². The van der Waals surface area contributed by atoms with E-state index in [1.165, 1.54) is 6.08 Å². The van der Waals surface area contributed by atoms with Gasteiger partial charge in [-0.3, -0.25) is 4.79 Å². The molecule has 4 nitrogen and oxygen atoms in total. The van der Waals surface area contributed by atoms with Crippen LogP contribution in [0.3, 0.4) is 0 Å². The Hall–Kier alpha value is -4.10. The summed E-state index contributed by atoms with van der Waals surface area (Å²) in [7, 11) is 0. The zero-order valence-electron chi connectivity index (χ0n) is 14.9. The van der Waals surface area contributed by atoms with Gasteiger partial charge in [0.05, 0.1) is 0 Å². The summed E-state index contributed by atoms with van der Waals surface area (Å²) in [5, 5.41) is 14.3. The molecule has 4 rings (SSSR count). The number of furan rings is 1. The van der Waals surface area contributed by atoms with Crippen molar-refractivity contribution in [3.63, 3.8) is 0 Å². The summed E-state index contributed by atoms with van der Waals surface area (Å²) < 4.78 is 5.75. The van der Waals surface area contributed by atoms with E-state index in [9.17, 15) is 10.1 Å². The van der Waals surface area contributed by atoms with Crippen molar-refractivity contribution in [2.24, 2.45) is 0 Å². The van der Waals surface area contributed by atoms with Crippen molar-refractivity contribution in [1.29, 1.82) is 5.26 Å². The average Bonchev–Trinajstić information content (AvgIpc) is 3.21. The van der Waals surface area contributed by atoms with E-state index in [4.69, 9.17) is 4.42 Å². The third kappa shape index (κ3) is 3.69. The van der Waals surface area contributed by atoms with Gasteiger partial charge in [0.15, 0.2) is 0 Å². The minimum atomic E-state index is -0.476. The molecule has 134 valence electrons. The summed E-state index contributed by atoms with van der Waals surface area (Å²) in [6, 6.07) is 28.6. The van der Waals surface area contributed by atoms with Crippen LogP contribution < -0.4 is 5.32 Å². The van der Waals surface area contributed by atoms with Crippen LogP contribution in [0.1, 0.15) is 5.76 Å². The maximum Gasteiger partial charge on any atom is 0.266 e. The highest BCUT2D eigenvalue weighted by Gasteiger charge is 2.12. The van der Waals surface area contributed by atoms with E-state index in [0.29, 0.717) is 17.2 Å². The molecule has 0 spiro atoms. The third-order valence-electron chi connectivity index (χ3n) is 4.34. The Morgan fingerprint density at radius 3 is 2.43 bits per heavy atom. The molecule has 0 bridgehead atoms. The van der Waals surface area contributed by atoms with Gasteiger partial charge < -0.3 is 9.73 Å². The third-order valence-corrected chi connectivity index (χ3v) is 4.34. The Kier molecular flexibility index (Phi) is 4.73. The van der Waals surface area contributed by atoms with Crippen molar-refractivity contribution in [1.82, 2.24) is 0 Å². The Morgan fingerprint density at radius 2 is 1.64 bits per heavy atom. The molecule has 1 N–H and O–H groups in total. The van der Waals surface area contributed by atoms with Gasteiger partial charge in [-0.2, -0.15) is 5.26 Å². The number of fused-ring (bicyclic) bond motifs is 1. The van der Waals surface area contributed by atoms with Crippen LogP contribution in [-0.4, -0.2) is 5.91 Å². The van der Waals surface area contributed by atoms with Crippen molar-refractivity contribution in [2.75, 3.05) is 5.32 Å². The Morgan fingerprint density at radius 1 is 0.893 bits per heavy atom. The quantitative estimate of drug-likeness (QED) is 0.376. The van der Waals surface area contributed by atoms with Crippen molar-refractivity contribution >= 4 is 28.4 Å². The van der Waals surface area contributed by atoms with Crippen molar-refractivity contribution < 1.29 is 9.21 Å². The summed E-state index contributed by atoms with van der Waals surface area (Å²) in [5.74, 6) is 0.651. The second kappa shape index (κ2) is 7.65. The molecular weight excluding hydrogens is 348 g/mol. The van der Waals surface area contributed by atoms with Gasteiger partial charge in [0.2, 0.25) is 0 Å². The van der Waals surface area contributed by atoms with Gasteiger partial charge in [0, 0.05) is 17.3 Å². The van der Waals surface area contributed by atoms with Gasteiger partial charge in [-0.25, -0.2) is 0 Å². The van der Waals surface area contributed by atoms with E-state index in [2.05, 4.69) is 5.32 Å². The molecule has 4 heteroatoms. The summed E-state index contributed by atoms with van der Waals surface area (Å²) in [5.41, 5.74) is 1.54. The predicted molar refractivity (Wildman–Crippen MR) is 110 cm³/mol. The monoisotopic (exact) mass is 364 g/mol. The molecule has 1 heterocycles. The van der Waals surface area contributed by atoms with E-state index in [-0.39, 0.29) is 5.57 Å². The first-order valence-electron chi connectivity index (χ1n) is 8.80. The van der Waals surface area contributed by atoms with E-state index in [1.54, 1.807) is 6.07 Å². The molecule has 4 aromatic rings. The van der Waals surface area contributed by atoms with E-state index in [1.807, 2.05) is 84.9 Å². The van der Waals surface area contributed by atoms with Gasteiger partial charge in [-0.1, -0.05) is 60.7 Å². The number of hydrogen-bond acceptors (Lipinski definition) is 3. The van der Waals surface area contributed by atoms with E-state index >= 15 is 0 Å². The fourth-order valence-corrected chi connectivity index (χ4v) is 2.94. The lowest BCUT2D eigenvalue weighted by Crippen LogP contribution is -2.13. The standard InChI is InChI=1S/C24H16N2O2/c25-16-20(15-22-12-13-23(28-22)18-7-2-1-3-8-18)24(27)26-21-11-10-17-6-4-5-9-19(17)14-21/h1-15H,(H,26,27)/b20-15+. The molecule has 1 amide bonds. The van der Waals surface area contributed by atoms with E-state index in [0.717, 1.165) is 16.3 Å². The predicted octanol–water partition coefficient (Wildman–Crippen LogP) is 5.65. The Balaban J connectivity index is 1.55. The molecule has 28 heavy (non-hydrogen) atoms. The largest absolute Gasteiger partial charge is 0.457 e. The molecule has 1 aromatic heterocycles. The maximum absolute atomic E-state index is 12.5. The number of rotatable bonds is 4. The van der Waals surface area contributed by atoms with Gasteiger partial charge in [-0.05, 0) is 35.0 Å². The zero-order valence-corrected chi connectivity index (χ0v) is 14.9. The zero-order chi connectivity index (χ0) is 19.3. The van der Waals surface area contributed by atoms with Gasteiger partial charge in [-0.15, -0.1) is 0 Å². The molecule has 0 aliphatic heterocycles. The number of nitrogens with zero attached hydrogens (tertiary/aromatic N) is 1. The number of anilines is 1. The second-order valence-electron chi connectivity index (χ2n) is 6.25. The molecular formula is C24H16N2O2. The molecule has 0 radical (unpaired) electrons. The number of carbonyl (C=O) groups is 1. The summed E-state index contributed by atoms with van der Waals surface area (Å²) in [4.78, 5) is 12.5. The lowest BCUT2D eigenvalue weighted by Gasteiger charge is -2.05. The van der Waals surface area contributed by atoms with Crippen LogP contribution in [0, 0.1) is 11.3 Å². The van der Waals surface area contributed by atoms with Crippen LogP contribution in [0.4, 0.5) is 5.69 Å². The minimum Gasteiger partial charge on any atom is -0.457 e. The Bertz CT molecular complexity index is 1210. The minimum absolute atomic E-state index is 0.0258. The number of nitrogens with one attached hydrogen (secondary N) is 1. The van der Waals surface area contributed by atoms with Crippen LogP contribution in [-0.2, 0) is 4.79 Å². The van der Waals surface area contributed by atoms with Gasteiger partial charge in [0.25, 0.3) is 5.91 Å². The first-order chi connectivity index (χ1) is 13.7. The topological polar surface area (TPSA) is 66.0 Å². The summed E-state index contributed by atoms with van der Waals surface area (Å²) >= 11 is 0. The van der Waals surface area contributed by atoms with Crippen LogP contribution in [0.15, 0.2) is 94.9 Å². The molecule has 0 fully saturated rings. The molecule has 0 unspecified atom stereocenters. The first kappa shape index (κ1) is 17.3. The fraction of sp³-hybridized carbons (Fsp3) is 0. The Labute approximate surface area is 162 Å². The summed E-state index contributed by atoms with van der Waals surface area (Å²) in [6.07, 6.45) is 1.45. The van der Waals surface area contributed by atoms with Crippen LogP contribution in [0.5, 0.6) is 0 Å². The molecule has 0 aliphatic rings. The van der Waals surface area contributed by atoms with Crippen LogP contribution >= 0.6 is 0 Å². The number of nitriles is 1. The molecule has 0 saturated carbocycles. The summed E-state index contributed by atoms with van der Waals surface area (Å²) in [6.45, 7) is 0. The average molecular weight is 364 g/mol. The van der Waals surface area contributed by atoms with Crippen molar-refractivity contribution in [3.05, 3.63) is 96.3 Å². The van der Waals surface area contributed by atoms with E-state index < -0.39 is 5.91 Å². The normalized spacial score (nSPS) is 11.2. The first-order valence-corrected chi connectivity index (χ1v) is 8.80. The fourth-order valence-electron chi connectivity index (χ4n) is 2.94. The maximum atomic E-state index is 12.5. The lowest BCUT2D eigenvalue weighted by molar-refractivity contribution is -0.112.